The first-order valence-corrected chi connectivity index (χ1v) is 12.9. The minimum Gasteiger partial charge on any atom is -0.393 e. The van der Waals surface area contributed by atoms with Crippen LogP contribution >= 0.6 is 0 Å². The molecule has 0 aromatic heterocycles. The quantitative estimate of drug-likeness (QED) is 0.479. The Kier molecular flexibility index (Phi) is 7.14. The van der Waals surface area contributed by atoms with Crippen molar-refractivity contribution in [3.05, 3.63) is 12.2 Å². The molecule has 7 atom stereocenters. The molecule has 32 heavy (non-hydrogen) atoms. The van der Waals surface area contributed by atoms with E-state index in [4.69, 9.17) is 15.9 Å². The second-order valence-electron chi connectivity index (χ2n) is 11.6. The average molecular weight is 444 g/mol. The molecule has 0 spiro atoms. The van der Waals surface area contributed by atoms with Gasteiger partial charge in [-0.2, -0.15) is 0 Å². The van der Waals surface area contributed by atoms with E-state index in [-0.39, 0.29) is 28.5 Å². The van der Waals surface area contributed by atoms with E-state index in [0.29, 0.717) is 11.8 Å². The van der Waals surface area contributed by atoms with E-state index in [1.54, 1.807) is 0 Å². The van der Waals surface area contributed by atoms with Gasteiger partial charge in [-0.05, 0) is 80.6 Å². The summed E-state index contributed by atoms with van der Waals surface area (Å²) in [5.41, 5.74) is 1.61. The lowest BCUT2D eigenvalue weighted by Gasteiger charge is -2.61. The molecule has 0 aromatic rings. The van der Waals surface area contributed by atoms with Crippen LogP contribution in [0.3, 0.4) is 0 Å². The Morgan fingerprint density at radius 3 is 2.66 bits per heavy atom. The first-order chi connectivity index (χ1) is 15.3. The summed E-state index contributed by atoms with van der Waals surface area (Å²) < 4.78 is 12.0. The Labute approximate surface area is 196 Å². The van der Waals surface area contributed by atoms with Crippen LogP contribution in [-0.4, -0.2) is 62.2 Å². The molecule has 4 rings (SSSR count). The average Bonchev–Trinajstić information content (AvgIpc) is 3.05. The fourth-order valence-corrected chi connectivity index (χ4v) is 8.27. The highest BCUT2D eigenvalue weighted by atomic mass is 16.5. The molecule has 4 fully saturated rings. The third-order valence-electron chi connectivity index (χ3n) is 10.5. The molecular weight excluding hydrogens is 398 g/mol. The fraction of sp³-hybridized carbons (Fsp3) is 0.857. The molecule has 3 aliphatic carbocycles. The van der Waals surface area contributed by atoms with E-state index < -0.39 is 0 Å². The molecule has 0 amide bonds. The number of methoxy groups -OCH3 is 1. The van der Waals surface area contributed by atoms with E-state index >= 15 is 0 Å². The molecule has 0 bridgehead atoms. The lowest BCUT2D eigenvalue weighted by atomic mass is 9.46. The van der Waals surface area contributed by atoms with Crippen LogP contribution in [0.4, 0.5) is 0 Å². The van der Waals surface area contributed by atoms with Crippen LogP contribution in [0.5, 0.6) is 0 Å². The van der Waals surface area contributed by atoms with Gasteiger partial charge in [-0.15, -0.1) is 12.3 Å². The summed E-state index contributed by atoms with van der Waals surface area (Å²) in [5, 5.41) is 10.6. The van der Waals surface area contributed by atoms with E-state index in [1.807, 2.05) is 7.11 Å². The number of nitrogens with zero attached hydrogens (tertiary/aromatic N) is 1. The third-order valence-corrected chi connectivity index (χ3v) is 10.5. The number of morpholine rings is 1. The Morgan fingerprint density at radius 2 is 1.97 bits per heavy atom. The first kappa shape index (κ1) is 24.3. The first-order valence-electron chi connectivity index (χ1n) is 12.9. The van der Waals surface area contributed by atoms with Crippen LogP contribution in [0, 0.1) is 40.4 Å². The number of terminal acetylenes is 1. The molecule has 0 aromatic carbocycles. The highest BCUT2D eigenvalue weighted by Gasteiger charge is 2.64. The highest BCUT2D eigenvalue weighted by molar-refractivity contribution is 5.28. The molecule has 4 nitrogen and oxygen atoms in total. The molecule has 4 aliphatic rings. The molecule has 3 saturated carbocycles. The zero-order valence-corrected chi connectivity index (χ0v) is 20.7. The van der Waals surface area contributed by atoms with Crippen LogP contribution < -0.4 is 0 Å². The predicted octanol–water partition coefficient (Wildman–Crippen LogP) is 4.67. The Balaban J connectivity index is 1.61. The van der Waals surface area contributed by atoms with Crippen molar-refractivity contribution in [1.82, 2.24) is 4.90 Å². The maximum Gasteiger partial charge on any atom is 0.0678 e. The second kappa shape index (κ2) is 9.41. The van der Waals surface area contributed by atoms with Gasteiger partial charge in [0.2, 0.25) is 0 Å². The number of allylic oxidation sites excluding steroid dienone is 1. The summed E-state index contributed by atoms with van der Waals surface area (Å²) in [4.78, 5) is 2.54. The highest BCUT2D eigenvalue weighted by Crippen LogP contribution is 2.69. The topological polar surface area (TPSA) is 41.9 Å². The van der Waals surface area contributed by atoms with Gasteiger partial charge in [0.25, 0.3) is 0 Å². The van der Waals surface area contributed by atoms with E-state index in [0.717, 1.165) is 84.2 Å². The Bertz CT molecular complexity index is 725. The van der Waals surface area contributed by atoms with Gasteiger partial charge < -0.3 is 14.6 Å². The monoisotopic (exact) mass is 443 g/mol. The summed E-state index contributed by atoms with van der Waals surface area (Å²) in [6.07, 6.45) is 15.3. The lowest BCUT2D eigenvalue weighted by molar-refractivity contribution is -0.176. The van der Waals surface area contributed by atoms with Gasteiger partial charge >= 0.3 is 0 Å². The number of rotatable bonds is 6. The van der Waals surface area contributed by atoms with Crippen molar-refractivity contribution in [3.63, 3.8) is 0 Å². The maximum atomic E-state index is 10.6. The van der Waals surface area contributed by atoms with Crippen LogP contribution in [0.15, 0.2) is 12.2 Å². The molecule has 7 unspecified atom stereocenters. The van der Waals surface area contributed by atoms with Crippen LogP contribution in [-0.2, 0) is 9.47 Å². The van der Waals surface area contributed by atoms with Crippen molar-refractivity contribution < 1.29 is 14.6 Å². The summed E-state index contributed by atoms with van der Waals surface area (Å²) >= 11 is 0. The number of fused-ring (bicyclic) bond motifs is 1. The SMILES string of the molecule is C#CCC12CCC(=C)C1(C)CCC(C1(C)CCC(O)CC1CCN1CCOCC1)C2OC. The summed E-state index contributed by atoms with van der Waals surface area (Å²) in [5.74, 6) is 4.03. The summed E-state index contributed by atoms with van der Waals surface area (Å²) in [6, 6.07) is 0. The number of ether oxygens (including phenoxy) is 2. The zero-order valence-electron chi connectivity index (χ0n) is 20.7. The summed E-state index contributed by atoms with van der Waals surface area (Å²) in [7, 11) is 1.91. The number of aliphatic hydroxyl groups is 1. The van der Waals surface area contributed by atoms with E-state index in [9.17, 15) is 5.11 Å². The normalized spacial score (nSPS) is 45.4. The second-order valence-corrected chi connectivity index (χ2v) is 11.6. The van der Waals surface area contributed by atoms with Gasteiger partial charge in [-0.1, -0.05) is 26.0 Å². The van der Waals surface area contributed by atoms with Gasteiger partial charge in [-0.3, -0.25) is 4.90 Å². The van der Waals surface area contributed by atoms with Gasteiger partial charge in [0.15, 0.2) is 0 Å². The largest absolute Gasteiger partial charge is 0.393 e. The summed E-state index contributed by atoms with van der Waals surface area (Å²) in [6.45, 7) is 14.3. The number of hydrogen-bond donors (Lipinski definition) is 1. The van der Waals surface area contributed by atoms with Crippen LogP contribution in [0.2, 0.25) is 0 Å². The van der Waals surface area contributed by atoms with Crippen molar-refractivity contribution in [2.24, 2.45) is 28.1 Å². The standard InChI is InChI=1S/C28H45NO3/c1-6-11-28-14-7-21(2)27(28,4)13-9-24(25(28)31-5)26(3)12-8-23(30)20-22(26)10-15-29-16-18-32-19-17-29/h1,22-25,30H,2,7-20H2,3-5H3. The predicted molar refractivity (Wildman–Crippen MR) is 129 cm³/mol. The molecule has 1 N–H and O–H groups in total. The van der Waals surface area contributed by atoms with Crippen molar-refractivity contribution in [2.45, 2.75) is 83.8 Å². The number of hydrogen-bond acceptors (Lipinski definition) is 4. The maximum absolute atomic E-state index is 10.6. The minimum absolute atomic E-state index is 0.00959. The molecule has 0 radical (unpaired) electrons. The molecule has 180 valence electrons. The van der Waals surface area contributed by atoms with Crippen molar-refractivity contribution >= 4 is 0 Å². The fourth-order valence-electron chi connectivity index (χ4n) is 8.27. The smallest absolute Gasteiger partial charge is 0.0678 e. The third kappa shape index (κ3) is 3.88. The van der Waals surface area contributed by atoms with Gasteiger partial charge in [0, 0.05) is 32.0 Å². The number of aliphatic hydroxyl groups excluding tert-OH is 1. The Morgan fingerprint density at radius 1 is 1.22 bits per heavy atom. The lowest BCUT2D eigenvalue weighted by Crippen LogP contribution is -2.59. The molecule has 1 saturated heterocycles. The van der Waals surface area contributed by atoms with Gasteiger partial charge in [0.05, 0.1) is 25.4 Å². The Hall–Kier alpha value is -0.860. The van der Waals surface area contributed by atoms with Gasteiger partial charge in [-0.25, -0.2) is 0 Å². The van der Waals surface area contributed by atoms with Crippen LogP contribution in [0.25, 0.3) is 0 Å². The minimum atomic E-state index is -0.168. The molecule has 1 aliphatic heterocycles. The zero-order chi connectivity index (χ0) is 23.0. The van der Waals surface area contributed by atoms with Gasteiger partial charge in [0.1, 0.15) is 0 Å². The molecule has 1 heterocycles. The van der Waals surface area contributed by atoms with Crippen molar-refractivity contribution in [1.29, 1.82) is 0 Å². The molecule has 4 heteroatoms. The van der Waals surface area contributed by atoms with E-state index in [2.05, 4.69) is 31.2 Å². The van der Waals surface area contributed by atoms with E-state index in [1.165, 1.54) is 12.0 Å². The van der Waals surface area contributed by atoms with Crippen molar-refractivity contribution in [2.75, 3.05) is 40.0 Å². The van der Waals surface area contributed by atoms with Crippen LogP contribution in [0.1, 0.15) is 71.6 Å². The van der Waals surface area contributed by atoms with Crippen molar-refractivity contribution in [3.8, 4) is 12.3 Å². The molecular formula is C28H45NO3.